The van der Waals surface area contributed by atoms with Crippen LogP contribution in [0.4, 0.5) is 0 Å². The molecule has 0 fully saturated rings. The average molecular weight is 237 g/mol. The highest BCUT2D eigenvalue weighted by molar-refractivity contribution is 5.94. The van der Waals surface area contributed by atoms with Gasteiger partial charge in [0.1, 0.15) is 5.75 Å². The zero-order valence-electron chi connectivity index (χ0n) is 10.4. The highest BCUT2D eigenvalue weighted by Gasteiger charge is 2.05. The van der Waals surface area contributed by atoms with E-state index in [-0.39, 0.29) is 5.91 Å². The van der Waals surface area contributed by atoms with E-state index in [4.69, 9.17) is 9.47 Å². The predicted molar refractivity (Wildman–Crippen MR) is 66.4 cm³/mol. The second-order valence-electron chi connectivity index (χ2n) is 3.54. The Hall–Kier alpha value is -1.55. The van der Waals surface area contributed by atoms with Crippen molar-refractivity contribution in [2.24, 2.45) is 0 Å². The summed E-state index contributed by atoms with van der Waals surface area (Å²) in [5.41, 5.74) is 0.612. The van der Waals surface area contributed by atoms with Crippen molar-refractivity contribution in [3.8, 4) is 5.75 Å². The van der Waals surface area contributed by atoms with Gasteiger partial charge in [-0.05, 0) is 31.5 Å². The van der Waals surface area contributed by atoms with Crippen molar-refractivity contribution in [3.05, 3.63) is 29.8 Å². The first-order valence-corrected chi connectivity index (χ1v) is 5.78. The number of benzene rings is 1. The minimum atomic E-state index is -0.0830. The SMILES string of the molecule is CCOCCCNC(=O)c1cccc(OC)c1. The number of amides is 1. The zero-order valence-corrected chi connectivity index (χ0v) is 10.4. The van der Waals surface area contributed by atoms with Crippen LogP contribution in [-0.2, 0) is 4.74 Å². The molecule has 94 valence electrons. The third-order valence-corrected chi connectivity index (χ3v) is 2.29. The minimum Gasteiger partial charge on any atom is -0.497 e. The maximum Gasteiger partial charge on any atom is 0.251 e. The summed E-state index contributed by atoms with van der Waals surface area (Å²) in [4.78, 5) is 11.7. The lowest BCUT2D eigenvalue weighted by atomic mass is 10.2. The van der Waals surface area contributed by atoms with Crippen molar-refractivity contribution in [2.75, 3.05) is 26.9 Å². The summed E-state index contributed by atoms with van der Waals surface area (Å²) in [5.74, 6) is 0.604. The molecule has 1 rings (SSSR count). The monoisotopic (exact) mass is 237 g/mol. The Labute approximate surface area is 102 Å². The fourth-order valence-corrected chi connectivity index (χ4v) is 1.39. The van der Waals surface area contributed by atoms with Crippen molar-refractivity contribution >= 4 is 5.91 Å². The van der Waals surface area contributed by atoms with Gasteiger partial charge in [0.15, 0.2) is 0 Å². The molecule has 0 aliphatic heterocycles. The molecule has 4 heteroatoms. The first kappa shape index (κ1) is 13.5. The zero-order chi connectivity index (χ0) is 12.5. The van der Waals surface area contributed by atoms with E-state index in [2.05, 4.69) is 5.32 Å². The van der Waals surface area contributed by atoms with Crippen molar-refractivity contribution in [1.82, 2.24) is 5.32 Å². The lowest BCUT2D eigenvalue weighted by molar-refractivity contribution is 0.0944. The molecule has 1 amide bonds. The smallest absolute Gasteiger partial charge is 0.251 e. The van der Waals surface area contributed by atoms with Gasteiger partial charge < -0.3 is 14.8 Å². The number of methoxy groups -OCH3 is 1. The van der Waals surface area contributed by atoms with Crippen LogP contribution in [0.1, 0.15) is 23.7 Å². The molecular weight excluding hydrogens is 218 g/mol. The van der Waals surface area contributed by atoms with Crippen LogP contribution in [0.2, 0.25) is 0 Å². The molecule has 0 aliphatic rings. The molecule has 0 bridgehead atoms. The summed E-state index contributed by atoms with van der Waals surface area (Å²) in [6, 6.07) is 7.10. The van der Waals surface area contributed by atoms with E-state index in [0.29, 0.717) is 31.1 Å². The molecule has 0 saturated heterocycles. The Morgan fingerprint density at radius 1 is 1.41 bits per heavy atom. The number of hydrogen-bond acceptors (Lipinski definition) is 3. The van der Waals surface area contributed by atoms with Gasteiger partial charge in [0.05, 0.1) is 7.11 Å². The summed E-state index contributed by atoms with van der Waals surface area (Å²) >= 11 is 0. The summed E-state index contributed by atoms with van der Waals surface area (Å²) < 4.78 is 10.2. The molecule has 0 saturated carbocycles. The lowest BCUT2D eigenvalue weighted by Gasteiger charge is -2.06. The molecule has 0 spiro atoms. The fourth-order valence-electron chi connectivity index (χ4n) is 1.39. The Morgan fingerprint density at radius 2 is 2.24 bits per heavy atom. The number of hydrogen-bond donors (Lipinski definition) is 1. The molecule has 4 nitrogen and oxygen atoms in total. The number of carbonyl (C=O) groups excluding carboxylic acids is 1. The molecule has 0 aliphatic carbocycles. The van der Waals surface area contributed by atoms with E-state index in [1.807, 2.05) is 13.0 Å². The molecule has 0 heterocycles. The largest absolute Gasteiger partial charge is 0.497 e. The van der Waals surface area contributed by atoms with E-state index in [1.54, 1.807) is 25.3 Å². The summed E-state index contributed by atoms with van der Waals surface area (Å²) in [5, 5.41) is 2.83. The molecule has 0 atom stereocenters. The highest BCUT2D eigenvalue weighted by Crippen LogP contribution is 2.12. The summed E-state index contributed by atoms with van der Waals surface area (Å²) in [7, 11) is 1.58. The Bertz CT molecular complexity index is 352. The highest BCUT2D eigenvalue weighted by atomic mass is 16.5. The standard InChI is InChI=1S/C13H19NO3/c1-3-17-9-5-8-14-13(15)11-6-4-7-12(10-11)16-2/h4,6-7,10H,3,5,8-9H2,1-2H3,(H,14,15). The predicted octanol–water partition coefficient (Wildman–Crippen LogP) is 1.85. The Kier molecular flexibility index (Phi) is 6.10. The number of ether oxygens (including phenoxy) is 2. The third-order valence-electron chi connectivity index (χ3n) is 2.29. The Balaban J connectivity index is 2.36. The molecule has 0 aromatic heterocycles. The van der Waals surface area contributed by atoms with Crippen LogP contribution in [0, 0.1) is 0 Å². The number of nitrogens with one attached hydrogen (secondary N) is 1. The maximum absolute atomic E-state index is 11.7. The molecule has 1 aromatic rings. The normalized spacial score (nSPS) is 10.0. The van der Waals surface area contributed by atoms with E-state index >= 15 is 0 Å². The second kappa shape index (κ2) is 7.68. The molecule has 0 unspecified atom stereocenters. The van der Waals surface area contributed by atoms with Crippen LogP contribution < -0.4 is 10.1 Å². The van der Waals surface area contributed by atoms with Gasteiger partial charge in [0, 0.05) is 25.3 Å². The van der Waals surface area contributed by atoms with E-state index in [1.165, 1.54) is 0 Å². The molecule has 1 N–H and O–H groups in total. The minimum absolute atomic E-state index is 0.0830. The second-order valence-corrected chi connectivity index (χ2v) is 3.54. The van der Waals surface area contributed by atoms with Crippen molar-refractivity contribution in [2.45, 2.75) is 13.3 Å². The van der Waals surface area contributed by atoms with Gasteiger partial charge >= 0.3 is 0 Å². The van der Waals surface area contributed by atoms with Gasteiger partial charge in [0.2, 0.25) is 0 Å². The van der Waals surface area contributed by atoms with Gasteiger partial charge in [-0.3, -0.25) is 4.79 Å². The first-order valence-electron chi connectivity index (χ1n) is 5.78. The van der Waals surface area contributed by atoms with Crippen LogP contribution in [0.5, 0.6) is 5.75 Å². The van der Waals surface area contributed by atoms with Crippen LogP contribution in [0.15, 0.2) is 24.3 Å². The van der Waals surface area contributed by atoms with Gasteiger partial charge in [0.25, 0.3) is 5.91 Å². The van der Waals surface area contributed by atoms with Gasteiger partial charge in [-0.1, -0.05) is 6.07 Å². The van der Waals surface area contributed by atoms with Gasteiger partial charge in [-0.15, -0.1) is 0 Å². The topological polar surface area (TPSA) is 47.6 Å². The number of rotatable bonds is 7. The molecule has 0 radical (unpaired) electrons. The summed E-state index contributed by atoms with van der Waals surface area (Å²) in [6.07, 6.45) is 0.823. The first-order chi connectivity index (χ1) is 8.27. The lowest BCUT2D eigenvalue weighted by Crippen LogP contribution is -2.25. The van der Waals surface area contributed by atoms with Crippen molar-refractivity contribution in [1.29, 1.82) is 0 Å². The van der Waals surface area contributed by atoms with Crippen molar-refractivity contribution in [3.63, 3.8) is 0 Å². The third kappa shape index (κ3) is 4.87. The van der Waals surface area contributed by atoms with E-state index in [0.717, 1.165) is 6.42 Å². The summed E-state index contributed by atoms with van der Waals surface area (Å²) in [6.45, 7) is 3.96. The quantitative estimate of drug-likeness (QED) is 0.736. The van der Waals surface area contributed by atoms with Gasteiger partial charge in [-0.2, -0.15) is 0 Å². The maximum atomic E-state index is 11.7. The van der Waals surface area contributed by atoms with Crippen LogP contribution >= 0.6 is 0 Å². The van der Waals surface area contributed by atoms with Crippen LogP contribution in [0.25, 0.3) is 0 Å². The fraction of sp³-hybridized carbons (Fsp3) is 0.462. The Morgan fingerprint density at radius 3 is 2.94 bits per heavy atom. The number of carbonyl (C=O) groups is 1. The molecular formula is C13H19NO3. The van der Waals surface area contributed by atoms with E-state index in [9.17, 15) is 4.79 Å². The van der Waals surface area contributed by atoms with Crippen molar-refractivity contribution < 1.29 is 14.3 Å². The van der Waals surface area contributed by atoms with Crippen LogP contribution in [0.3, 0.4) is 0 Å². The van der Waals surface area contributed by atoms with Gasteiger partial charge in [-0.25, -0.2) is 0 Å². The molecule has 17 heavy (non-hydrogen) atoms. The van der Waals surface area contributed by atoms with Crippen LogP contribution in [-0.4, -0.2) is 32.8 Å². The molecule has 1 aromatic carbocycles. The average Bonchev–Trinajstić information content (AvgIpc) is 2.38. The van der Waals surface area contributed by atoms with E-state index < -0.39 is 0 Å².